The molecule has 1 aliphatic heterocycles. The summed E-state index contributed by atoms with van der Waals surface area (Å²) in [4.78, 5) is 13.6. The molecular formula is C16H26N8S. The molecule has 8 nitrogen and oxygen atoms in total. The van der Waals surface area contributed by atoms with Gasteiger partial charge in [-0.05, 0) is 12.5 Å². The first-order valence-electron chi connectivity index (χ1n) is 8.71. The Bertz CT molecular complexity index is 699. The van der Waals surface area contributed by atoms with Gasteiger partial charge in [-0.2, -0.15) is 9.47 Å². The molecule has 2 aromatic rings. The minimum Gasteiger partial charge on any atom is -0.354 e. The summed E-state index contributed by atoms with van der Waals surface area (Å²) in [6, 6.07) is 0. The molecule has 0 atom stereocenters. The number of nitrogens with one attached hydrogen (secondary N) is 1. The van der Waals surface area contributed by atoms with Crippen LogP contribution < -0.4 is 10.2 Å². The van der Waals surface area contributed by atoms with Crippen LogP contribution in [0.1, 0.15) is 18.3 Å². The van der Waals surface area contributed by atoms with E-state index in [0.29, 0.717) is 0 Å². The lowest BCUT2D eigenvalue weighted by Gasteiger charge is -2.36. The van der Waals surface area contributed by atoms with Gasteiger partial charge in [0, 0.05) is 63.9 Å². The van der Waals surface area contributed by atoms with Gasteiger partial charge in [-0.3, -0.25) is 9.67 Å². The molecule has 25 heavy (non-hydrogen) atoms. The van der Waals surface area contributed by atoms with Crippen molar-refractivity contribution < 1.29 is 0 Å². The van der Waals surface area contributed by atoms with Crippen molar-refractivity contribution in [3.05, 3.63) is 23.8 Å². The summed E-state index contributed by atoms with van der Waals surface area (Å²) in [7, 11) is 1.84. The lowest BCUT2D eigenvalue weighted by atomic mass is 10.3. The van der Waals surface area contributed by atoms with Crippen LogP contribution in [0.3, 0.4) is 0 Å². The molecule has 0 amide bonds. The second-order valence-corrected chi connectivity index (χ2v) is 6.81. The quantitative estimate of drug-likeness (QED) is 0.632. The molecule has 0 aliphatic carbocycles. The lowest BCUT2D eigenvalue weighted by molar-refractivity contribution is 0.371. The number of rotatable bonds is 5. The first-order chi connectivity index (χ1) is 12.2. The van der Waals surface area contributed by atoms with Crippen molar-refractivity contribution in [3.63, 3.8) is 0 Å². The molecule has 2 aromatic heterocycles. The van der Waals surface area contributed by atoms with E-state index in [1.807, 2.05) is 17.9 Å². The number of anilines is 1. The van der Waals surface area contributed by atoms with Crippen LogP contribution in [0.2, 0.25) is 0 Å². The van der Waals surface area contributed by atoms with Gasteiger partial charge in [0.25, 0.3) is 0 Å². The van der Waals surface area contributed by atoms with Crippen LogP contribution >= 0.6 is 11.5 Å². The monoisotopic (exact) mass is 362 g/mol. The molecular weight excluding hydrogens is 336 g/mol. The summed E-state index contributed by atoms with van der Waals surface area (Å²) in [6.07, 6.45) is 4.82. The average Bonchev–Trinajstić information content (AvgIpc) is 3.28. The number of piperazine rings is 1. The summed E-state index contributed by atoms with van der Waals surface area (Å²) in [5.41, 5.74) is 1.18. The molecule has 0 saturated carbocycles. The van der Waals surface area contributed by atoms with Gasteiger partial charge in [0.2, 0.25) is 5.13 Å². The molecule has 0 unspecified atom stereocenters. The maximum absolute atomic E-state index is 4.59. The molecule has 0 bridgehead atoms. The summed E-state index contributed by atoms with van der Waals surface area (Å²) < 4.78 is 6.33. The van der Waals surface area contributed by atoms with Crippen molar-refractivity contribution >= 4 is 22.6 Å². The van der Waals surface area contributed by atoms with Gasteiger partial charge in [-0.25, -0.2) is 4.98 Å². The molecule has 136 valence electrons. The molecule has 1 N–H and O–H groups in total. The Morgan fingerprint density at radius 3 is 2.72 bits per heavy atom. The van der Waals surface area contributed by atoms with E-state index in [-0.39, 0.29) is 0 Å². The number of hydrogen-bond donors (Lipinski definition) is 1. The largest absolute Gasteiger partial charge is 0.354 e. The standard InChI is InChI=1S/C16H26N8S/c1-4-14-20-16(25-21-14)23-9-7-22(8-10-23)15(17-3)18-5-6-24-12-13(2)11-19-24/h11-12H,4-10H2,1-3H3,(H,17,18). The fourth-order valence-corrected chi connectivity index (χ4v) is 3.63. The molecule has 1 saturated heterocycles. The highest BCUT2D eigenvalue weighted by Gasteiger charge is 2.21. The minimum atomic E-state index is 0.810. The molecule has 0 radical (unpaired) electrons. The normalized spacial score (nSPS) is 15.7. The number of guanidine groups is 1. The Balaban J connectivity index is 1.46. The van der Waals surface area contributed by atoms with Crippen molar-refractivity contribution in [1.29, 1.82) is 0 Å². The van der Waals surface area contributed by atoms with Crippen LogP contribution in [0.5, 0.6) is 0 Å². The third-order valence-corrected chi connectivity index (χ3v) is 5.04. The Morgan fingerprint density at radius 1 is 1.32 bits per heavy atom. The van der Waals surface area contributed by atoms with Crippen LogP contribution in [0, 0.1) is 6.92 Å². The Morgan fingerprint density at radius 2 is 2.12 bits per heavy atom. The van der Waals surface area contributed by atoms with Gasteiger partial charge in [-0.1, -0.05) is 6.92 Å². The third kappa shape index (κ3) is 4.47. The van der Waals surface area contributed by atoms with Gasteiger partial charge < -0.3 is 15.1 Å². The average molecular weight is 363 g/mol. The first-order valence-corrected chi connectivity index (χ1v) is 9.49. The predicted octanol–water partition coefficient (Wildman–Crippen LogP) is 1.00. The fraction of sp³-hybridized carbons (Fsp3) is 0.625. The number of aryl methyl sites for hydroxylation is 2. The van der Waals surface area contributed by atoms with Gasteiger partial charge >= 0.3 is 0 Å². The van der Waals surface area contributed by atoms with Crippen LogP contribution in [0.4, 0.5) is 5.13 Å². The van der Waals surface area contributed by atoms with Crippen molar-refractivity contribution in [2.24, 2.45) is 4.99 Å². The molecule has 9 heteroatoms. The number of aromatic nitrogens is 4. The predicted molar refractivity (Wildman–Crippen MR) is 101 cm³/mol. The van der Waals surface area contributed by atoms with Crippen LogP contribution in [0.15, 0.2) is 17.4 Å². The van der Waals surface area contributed by atoms with E-state index in [1.165, 1.54) is 17.1 Å². The summed E-state index contributed by atoms with van der Waals surface area (Å²) in [5, 5.41) is 8.78. The Hall–Kier alpha value is -2.16. The third-order valence-electron chi connectivity index (χ3n) is 4.22. The number of nitrogens with zero attached hydrogens (tertiary/aromatic N) is 7. The highest BCUT2D eigenvalue weighted by molar-refractivity contribution is 7.09. The van der Waals surface area contributed by atoms with Gasteiger partial charge in [0.05, 0.1) is 12.7 Å². The van der Waals surface area contributed by atoms with Crippen molar-refractivity contribution in [2.45, 2.75) is 26.8 Å². The fourth-order valence-electron chi connectivity index (χ4n) is 2.83. The zero-order chi connectivity index (χ0) is 17.6. The molecule has 1 fully saturated rings. The van der Waals surface area contributed by atoms with Gasteiger partial charge in [-0.15, -0.1) is 0 Å². The van der Waals surface area contributed by atoms with E-state index in [9.17, 15) is 0 Å². The van der Waals surface area contributed by atoms with Crippen LogP contribution in [-0.2, 0) is 13.0 Å². The summed E-state index contributed by atoms with van der Waals surface area (Å²) >= 11 is 1.50. The van der Waals surface area contributed by atoms with Crippen LogP contribution in [0.25, 0.3) is 0 Å². The molecule has 1 aliphatic rings. The first kappa shape index (κ1) is 17.7. The molecule has 3 heterocycles. The van der Waals surface area contributed by atoms with Crippen molar-refractivity contribution in [3.8, 4) is 0 Å². The summed E-state index contributed by atoms with van der Waals surface area (Å²) in [6.45, 7) is 9.53. The molecule has 3 rings (SSSR count). The minimum absolute atomic E-state index is 0.810. The van der Waals surface area contributed by atoms with Gasteiger partial charge in [0.15, 0.2) is 5.96 Å². The van der Waals surface area contributed by atoms with E-state index < -0.39 is 0 Å². The molecule has 0 spiro atoms. The number of aliphatic imine (C=N–C) groups is 1. The zero-order valence-electron chi connectivity index (χ0n) is 15.1. The Kier molecular flexibility index (Phi) is 5.85. The van der Waals surface area contributed by atoms with Crippen molar-refractivity contribution in [2.75, 3.05) is 44.7 Å². The van der Waals surface area contributed by atoms with E-state index in [1.54, 1.807) is 0 Å². The topological polar surface area (TPSA) is 74.5 Å². The SMILES string of the molecule is CCc1nsc(N2CCN(C(=NC)NCCn3cc(C)cn3)CC2)n1. The summed E-state index contributed by atoms with van der Waals surface area (Å²) in [5.74, 6) is 1.89. The highest BCUT2D eigenvalue weighted by atomic mass is 32.1. The van der Waals surface area contributed by atoms with Crippen LogP contribution in [-0.4, -0.2) is 69.8 Å². The van der Waals surface area contributed by atoms with E-state index in [2.05, 4.69) is 54.6 Å². The Labute approximate surface area is 152 Å². The highest BCUT2D eigenvalue weighted by Crippen LogP contribution is 2.19. The smallest absolute Gasteiger partial charge is 0.205 e. The van der Waals surface area contributed by atoms with Crippen molar-refractivity contribution in [1.82, 2.24) is 29.4 Å². The molecule has 0 aromatic carbocycles. The van der Waals surface area contributed by atoms with E-state index in [4.69, 9.17) is 0 Å². The maximum atomic E-state index is 4.59. The maximum Gasteiger partial charge on any atom is 0.205 e. The second kappa shape index (κ2) is 8.28. The lowest BCUT2D eigenvalue weighted by Crippen LogP contribution is -2.53. The zero-order valence-corrected chi connectivity index (χ0v) is 16.0. The van der Waals surface area contributed by atoms with E-state index >= 15 is 0 Å². The van der Waals surface area contributed by atoms with E-state index in [0.717, 1.165) is 62.6 Å². The number of hydrogen-bond acceptors (Lipinski definition) is 6. The second-order valence-electron chi connectivity index (χ2n) is 6.08. The van der Waals surface area contributed by atoms with Gasteiger partial charge in [0.1, 0.15) is 5.82 Å².